The zero-order valence-electron chi connectivity index (χ0n) is 20.8. The van der Waals surface area contributed by atoms with Crippen molar-refractivity contribution in [2.24, 2.45) is 5.92 Å². The SMILES string of the molecule is Cc1ccccc1C(=O)NC(CC(C)C)C(=O)NCc1cn(-c2ccccc2)nc1-c1ccncc1. The molecule has 2 N–H and O–H groups in total. The van der Waals surface area contributed by atoms with Crippen LogP contribution in [0.5, 0.6) is 0 Å². The first-order valence-corrected chi connectivity index (χ1v) is 12.1. The van der Waals surface area contributed by atoms with E-state index in [4.69, 9.17) is 5.10 Å². The highest BCUT2D eigenvalue weighted by Crippen LogP contribution is 2.23. The third-order valence-electron chi connectivity index (χ3n) is 5.94. The summed E-state index contributed by atoms with van der Waals surface area (Å²) in [6.07, 6.45) is 5.90. The van der Waals surface area contributed by atoms with Crippen LogP contribution in [0.3, 0.4) is 0 Å². The molecule has 0 aliphatic heterocycles. The maximum Gasteiger partial charge on any atom is 0.252 e. The van der Waals surface area contributed by atoms with Crippen molar-refractivity contribution in [3.8, 4) is 16.9 Å². The summed E-state index contributed by atoms with van der Waals surface area (Å²) in [4.78, 5) is 30.3. The van der Waals surface area contributed by atoms with E-state index < -0.39 is 6.04 Å². The van der Waals surface area contributed by atoms with Gasteiger partial charge in [0.15, 0.2) is 0 Å². The molecular weight excluding hydrogens is 450 g/mol. The molecule has 1 atom stereocenters. The Hall–Kier alpha value is -4.26. The molecule has 0 saturated carbocycles. The van der Waals surface area contributed by atoms with Crippen LogP contribution in [0.1, 0.15) is 41.8 Å². The summed E-state index contributed by atoms with van der Waals surface area (Å²) in [5, 5.41) is 10.8. The zero-order valence-corrected chi connectivity index (χ0v) is 20.8. The van der Waals surface area contributed by atoms with Crippen molar-refractivity contribution in [2.75, 3.05) is 0 Å². The number of carbonyl (C=O) groups excluding carboxylic acids is 2. The van der Waals surface area contributed by atoms with E-state index in [1.807, 2.05) is 92.3 Å². The number of hydrogen-bond acceptors (Lipinski definition) is 4. The average molecular weight is 482 g/mol. The van der Waals surface area contributed by atoms with Gasteiger partial charge in [-0.25, -0.2) is 4.68 Å². The second kappa shape index (κ2) is 11.4. The Kier molecular flexibility index (Phi) is 7.90. The van der Waals surface area contributed by atoms with Gasteiger partial charge in [0.1, 0.15) is 6.04 Å². The predicted octanol–water partition coefficient (Wildman–Crippen LogP) is 4.70. The van der Waals surface area contributed by atoms with Crippen LogP contribution in [0.4, 0.5) is 0 Å². The normalized spacial score (nSPS) is 11.8. The van der Waals surface area contributed by atoms with E-state index in [-0.39, 0.29) is 24.3 Å². The lowest BCUT2D eigenvalue weighted by molar-refractivity contribution is -0.123. The summed E-state index contributed by atoms with van der Waals surface area (Å²) < 4.78 is 1.81. The van der Waals surface area contributed by atoms with Crippen molar-refractivity contribution in [3.63, 3.8) is 0 Å². The molecule has 2 aromatic heterocycles. The number of hydrogen-bond donors (Lipinski definition) is 2. The summed E-state index contributed by atoms with van der Waals surface area (Å²) in [5.74, 6) is -0.242. The highest BCUT2D eigenvalue weighted by Gasteiger charge is 2.24. The van der Waals surface area contributed by atoms with Crippen LogP contribution >= 0.6 is 0 Å². The first kappa shape index (κ1) is 24.9. The van der Waals surface area contributed by atoms with Gasteiger partial charge in [-0.05, 0) is 55.2 Å². The summed E-state index contributed by atoms with van der Waals surface area (Å²) in [5.41, 5.74) is 4.92. The number of pyridine rings is 1. The monoisotopic (exact) mass is 481 g/mol. The van der Waals surface area contributed by atoms with Crippen molar-refractivity contribution in [3.05, 3.63) is 102 Å². The van der Waals surface area contributed by atoms with Crippen molar-refractivity contribution in [2.45, 2.75) is 39.8 Å². The van der Waals surface area contributed by atoms with E-state index in [1.165, 1.54) is 0 Å². The molecule has 0 aliphatic carbocycles. The van der Waals surface area contributed by atoms with Gasteiger partial charge in [0.2, 0.25) is 5.91 Å². The first-order chi connectivity index (χ1) is 17.4. The number of amides is 2. The fourth-order valence-corrected chi connectivity index (χ4v) is 4.08. The molecule has 2 amide bonds. The van der Waals surface area contributed by atoms with Crippen molar-refractivity contribution in [1.29, 1.82) is 0 Å². The zero-order chi connectivity index (χ0) is 25.5. The summed E-state index contributed by atoms with van der Waals surface area (Å²) >= 11 is 0. The van der Waals surface area contributed by atoms with Crippen LogP contribution < -0.4 is 10.6 Å². The summed E-state index contributed by atoms with van der Waals surface area (Å²) in [6.45, 7) is 6.23. The van der Waals surface area contributed by atoms with Gasteiger partial charge >= 0.3 is 0 Å². The first-order valence-electron chi connectivity index (χ1n) is 12.1. The Labute approximate surface area is 211 Å². The van der Waals surface area contributed by atoms with Gasteiger partial charge in [0, 0.05) is 41.8 Å². The molecule has 2 heterocycles. The van der Waals surface area contributed by atoms with Crippen LogP contribution in [-0.4, -0.2) is 32.6 Å². The van der Waals surface area contributed by atoms with E-state index in [9.17, 15) is 9.59 Å². The molecule has 36 heavy (non-hydrogen) atoms. The Morgan fingerprint density at radius 3 is 2.33 bits per heavy atom. The molecule has 0 spiro atoms. The van der Waals surface area contributed by atoms with E-state index in [0.717, 1.165) is 28.1 Å². The molecule has 7 heteroatoms. The smallest absolute Gasteiger partial charge is 0.252 e. The van der Waals surface area contributed by atoms with Gasteiger partial charge in [-0.1, -0.05) is 50.2 Å². The fourth-order valence-electron chi connectivity index (χ4n) is 4.08. The van der Waals surface area contributed by atoms with Crippen molar-refractivity contribution in [1.82, 2.24) is 25.4 Å². The lowest BCUT2D eigenvalue weighted by Crippen LogP contribution is -2.47. The topological polar surface area (TPSA) is 88.9 Å². The lowest BCUT2D eigenvalue weighted by atomic mass is 10.0. The third kappa shape index (κ3) is 6.05. The molecule has 7 nitrogen and oxygen atoms in total. The van der Waals surface area contributed by atoms with E-state index in [1.54, 1.807) is 18.5 Å². The molecule has 184 valence electrons. The lowest BCUT2D eigenvalue weighted by Gasteiger charge is -2.20. The molecule has 2 aromatic carbocycles. The number of rotatable bonds is 9. The molecule has 0 fully saturated rings. The highest BCUT2D eigenvalue weighted by atomic mass is 16.2. The maximum atomic E-state index is 13.3. The Balaban J connectivity index is 1.54. The Morgan fingerprint density at radius 1 is 0.944 bits per heavy atom. The molecule has 0 aliphatic rings. The fraction of sp³-hybridized carbons (Fsp3) is 0.241. The van der Waals surface area contributed by atoms with Crippen molar-refractivity contribution < 1.29 is 9.59 Å². The Morgan fingerprint density at radius 2 is 1.64 bits per heavy atom. The van der Waals surface area contributed by atoms with Gasteiger partial charge in [-0.15, -0.1) is 0 Å². The largest absolute Gasteiger partial charge is 0.350 e. The standard InChI is InChI=1S/C29H31N5O2/c1-20(2)17-26(32-28(35)25-12-8-7-9-21(25)3)29(36)31-18-23-19-34(24-10-5-4-6-11-24)33-27(23)22-13-15-30-16-14-22/h4-16,19-20,26H,17-18H2,1-3H3,(H,31,36)(H,32,35). The maximum absolute atomic E-state index is 13.3. The second-order valence-electron chi connectivity index (χ2n) is 9.21. The number of benzene rings is 2. The molecule has 4 rings (SSSR count). The van der Waals surface area contributed by atoms with E-state index in [0.29, 0.717) is 12.0 Å². The minimum absolute atomic E-state index is 0.223. The predicted molar refractivity (Wildman–Crippen MR) is 141 cm³/mol. The minimum Gasteiger partial charge on any atom is -0.350 e. The molecule has 0 saturated heterocycles. The second-order valence-corrected chi connectivity index (χ2v) is 9.21. The quantitative estimate of drug-likeness (QED) is 0.363. The van der Waals surface area contributed by atoms with Gasteiger partial charge in [0.05, 0.1) is 11.4 Å². The van der Waals surface area contributed by atoms with Crippen LogP contribution in [0.15, 0.2) is 85.3 Å². The van der Waals surface area contributed by atoms with E-state index >= 15 is 0 Å². The Bertz CT molecular complexity index is 1320. The van der Waals surface area contributed by atoms with Gasteiger partial charge in [-0.3, -0.25) is 14.6 Å². The number of aryl methyl sites for hydroxylation is 1. The summed E-state index contributed by atoms with van der Waals surface area (Å²) in [7, 11) is 0. The average Bonchev–Trinajstić information content (AvgIpc) is 3.32. The number of aromatic nitrogens is 3. The minimum atomic E-state index is -0.648. The van der Waals surface area contributed by atoms with Crippen LogP contribution in [0.2, 0.25) is 0 Å². The number of carbonyl (C=O) groups is 2. The molecule has 0 radical (unpaired) electrons. The van der Waals surface area contributed by atoms with Gasteiger partial charge < -0.3 is 10.6 Å². The molecule has 1 unspecified atom stereocenters. The van der Waals surface area contributed by atoms with Crippen LogP contribution in [-0.2, 0) is 11.3 Å². The van der Waals surface area contributed by atoms with E-state index in [2.05, 4.69) is 15.6 Å². The number of para-hydroxylation sites is 1. The van der Waals surface area contributed by atoms with Crippen LogP contribution in [0, 0.1) is 12.8 Å². The molecule has 0 bridgehead atoms. The third-order valence-corrected chi connectivity index (χ3v) is 5.94. The van der Waals surface area contributed by atoms with Gasteiger partial charge in [-0.2, -0.15) is 5.10 Å². The highest BCUT2D eigenvalue weighted by molar-refractivity contribution is 5.98. The van der Waals surface area contributed by atoms with Gasteiger partial charge in [0.25, 0.3) is 5.91 Å². The number of nitrogens with one attached hydrogen (secondary N) is 2. The molecular formula is C29H31N5O2. The number of nitrogens with zero attached hydrogens (tertiary/aromatic N) is 3. The van der Waals surface area contributed by atoms with Crippen molar-refractivity contribution >= 4 is 11.8 Å². The summed E-state index contributed by atoms with van der Waals surface area (Å²) in [6, 6.07) is 20.3. The van der Waals surface area contributed by atoms with Crippen LogP contribution in [0.25, 0.3) is 16.9 Å². The molecule has 4 aromatic rings.